The lowest BCUT2D eigenvalue weighted by atomic mass is 10.0. The van der Waals surface area contributed by atoms with Crippen LogP contribution in [-0.4, -0.2) is 24.7 Å². The minimum absolute atomic E-state index is 0.411. The summed E-state index contributed by atoms with van der Waals surface area (Å²) in [5.74, 6) is 3.59. The second-order valence-corrected chi connectivity index (χ2v) is 5.98. The Balaban J connectivity index is 2.07. The lowest BCUT2D eigenvalue weighted by Crippen LogP contribution is -2.35. The molecule has 0 bridgehead atoms. The van der Waals surface area contributed by atoms with Crippen molar-refractivity contribution in [2.75, 3.05) is 18.6 Å². The first-order valence-electron chi connectivity index (χ1n) is 6.81. The molecule has 1 fully saturated rings. The lowest BCUT2D eigenvalue weighted by molar-refractivity contribution is 0.374. The average molecular weight is 265 g/mol. The van der Waals surface area contributed by atoms with E-state index in [-0.39, 0.29) is 0 Å². The monoisotopic (exact) mass is 265 g/mol. The molecule has 18 heavy (non-hydrogen) atoms. The van der Waals surface area contributed by atoms with E-state index in [0.29, 0.717) is 12.1 Å². The minimum Gasteiger partial charge on any atom is -0.496 e. The molecule has 0 amide bonds. The SMILES string of the molecule is CCC(NC1CCSCC1)c1ccccc1OC. The number of hydrogen-bond donors (Lipinski definition) is 1. The first kappa shape index (κ1) is 13.8. The number of rotatable bonds is 5. The molecule has 1 unspecified atom stereocenters. The van der Waals surface area contributed by atoms with Crippen LogP contribution < -0.4 is 10.1 Å². The molecule has 1 aromatic carbocycles. The normalized spacial score (nSPS) is 18.6. The van der Waals surface area contributed by atoms with E-state index in [2.05, 4.69) is 42.2 Å². The van der Waals surface area contributed by atoms with Crippen molar-refractivity contribution in [3.63, 3.8) is 0 Å². The molecule has 0 aromatic heterocycles. The second kappa shape index (κ2) is 7.05. The van der Waals surface area contributed by atoms with Gasteiger partial charge in [0.25, 0.3) is 0 Å². The first-order chi connectivity index (χ1) is 8.85. The summed E-state index contributed by atoms with van der Waals surface area (Å²) >= 11 is 2.07. The Morgan fingerprint density at radius 2 is 2.06 bits per heavy atom. The molecule has 3 heteroatoms. The summed E-state index contributed by atoms with van der Waals surface area (Å²) in [5.41, 5.74) is 1.29. The van der Waals surface area contributed by atoms with E-state index in [1.807, 2.05) is 6.07 Å². The molecule has 0 spiro atoms. The fourth-order valence-electron chi connectivity index (χ4n) is 2.53. The number of benzene rings is 1. The summed E-state index contributed by atoms with van der Waals surface area (Å²) < 4.78 is 5.47. The average Bonchev–Trinajstić information content (AvgIpc) is 2.46. The van der Waals surface area contributed by atoms with Gasteiger partial charge in [0.05, 0.1) is 7.11 Å². The molecular weight excluding hydrogens is 242 g/mol. The standard InChI is InChI=1S/C15H23NOS/c1-3-14(16-12-8-10-18-11-9-12)13-6-4-5-7-15(13)17-2/h4-7,12,14,16H,3,8-11H2,1-2H3. The fourth-order valence-corrected chi connectivity index (χ4v) is 3.64. The van der Waals surface area contributed by atoms with Crippen molar-refractivity contribution < 1.29 is 4.74 Å². The third-order valence-corrected chi connectivity index (χ3v) is 4.63. The van der Waals surface area contributed by atoms with Crippen LogP contribution in [0.4, 0.5) is 0 Å². The maximum atomic E-state index is 5.47. The predicted molar refractivity (Wildman–Crippen MR) is 79.5 cm³/mol. The number of methoxy groups -OCH3 is 1. The van der Waals surface area contributed by atoms with Gasteiger partial charge in [-0.05, 0) is 36.8 Å². The Morgan fingerprint density at radius 1 is 1.33 bits per heavy atom. The molecule has 1 N–H and O–H groups in total. The zero-order valence-electron chi connectivity index (χ0n) is 11.3. The summed E-state index contributed by atoms with van der Waals surface area (Å²) in [6, 6.07) is 9.44. The summed E-state index contributed by atoms with van der Waals surface area (Å²) in [5, 5.41) is 3.80. The van der Waals surface area contributed by atoms with Gasteiger partial charge in [0.2, 0.25) is 0 Å². The molecule has 0 radical (unpaired) electrons. The molecule has 100 valence electrons. The number of ether oxygens (including phenoxy) is 1. The van der Waals surface area contributed by atoms with Crippen LogP contribution in [0.3, 0.4) is 0 Å². The zero-order chi connectivity index (χ0) is 12.8. The molecule has 2 rings (SSSR count). The Morgan fingerprint density at radius 3 is 2.72 bits per heavy atom. The largest absolute Gasteiger partial charge is 0.496 e. The molecule has 1 atom stereocenters. The maximum Gasteiger partial charge on any atom is 0.123 e. The van der Waals surface area contributed by atoms with Crippen molar-refractivity contribution in [1.82, 2.24) is 5.32 Å². The predicted octanol–water partition coefficient (Wildman–Crippen LogP) is 3.63. The Kier molecular flexibility index (Phi) is 5.39. The molecule has 2 nitrogen and oxygen atoms in total. The molecule has 1 saturated heterocycles. The van der Waals surface area contributed by atoms with Crippen molar-refractivity contribution in [3.8, 4) is 5.75 Å². The highest BCUT2D eigenvalue weighted by Gasteiger charge is 2.20. The Labute approximate surface area is 114 Å². The van der Waals surface area contributed by atoms with Crippen molar-refractivity contribution in [1.29, 1.82) is 0 Å². The Hall–Kier alpha value is -0.670. The van der Waals surface area contributed by atoms with Crippen LogP contribution in [0.15, 0.2) is 24.3 Å². The van der Waals surface area contributed by atoms with Crippen LogP contribution in [0.2, 0.25) is 0 Å². The first-order valence-corrected chi connectivity index (χ1v) is 7.97. The van der Waals surface area contributed by atoms with E-state index in [1.165, 1.54) is 29.9 Å². The summed E-state index contributed by atoms with van der Waals surface area (Å²) in [6.45, 7) is 2.24. The van der Waals surface area contributed by atoms with E-state index in [4.69, 9.17) is 4.74 Å². The van der Waals surface area contributed by atoms with Crippen molar-refractivity contribution in [2.24, 2.45) is 0 Å². The summed E-state index contributed by atoms with van der Waals surface area (Å²) in [6.07, 6.45) is 3.68. The highest BCUT2D eigenvalue weighted by Crippen LogP contribution is 2.28. The molecule has 0 saturated carbocycles. The minimum atomic E-state index is 0.411. The number of para-hydroxylation sites is 1. The fraction of sp³-hybridized carbons (Fsp3) is 0.600. The zero-order valence-corrected chi connectivity index (χ0v) is 12.1. The highest BCUT2D eigenvalue weighted by molar-refractivity contribution is 7.99. The molecule has 1 aliphatic heterocycles. The van der Waals surface area contributed by atoms with Crippen molar-refractivity contribution in [3.05, 3.63) is 29.8 Å². The van der Waals surface area contributed by atoms with Gasteiger partial charge >= 0.3 is 0 Å². The van der Waals surface area contributed by atoms with E-state index >= 15 is 0 Å². The summed E-state index contributed by atoms with van der Waals surface area (Å²) in [7, 11) is 1.75. The van der Waals surface area contributed by atoms with Crippen LogP contribution in [0.1, 0.15) is 37.8 Å². The van der Waals surface area contributed by atoms with E-state index in [1.54, 1.807) is 7.11 Å². The van der Waals surface area contributed by atoms with E-state index < -0.39 is 0 Å². The van der Waals surface area contributed by atoms with Gasteiger partial charge in [0.15, 0.2) is 0 Å². The highest BCUT2D eigenvalue weighted by atomic mass is 32.2. The lowest BCUT2D eigenvalue weighted by Gasteiger charge is -2.28. The molecule has 1 heterocycles. The van der Waals surface area contributed by atoms with Gasteiger partial charge in [-0.25, -0.2) is 0 Å². The van der Waals surface area contributed by atoms with Gasteiger partial charge in [-0.15, -0.1) is 0 Å². The van der Waals surface area contributed by atoms with Gasteiger partial charge in [-0.1, -0.05) is 25.1 Å². The van der Waals surface area contributed by atoms with Crippen LogP contribution in [0, 0.1) is 0 Å². The molecule has 0 aliphatic carbocycles. The topological polar surface area (TPSA) is 21.3 Å². The number of thioether (sulfide) groups is 1. The maximum absolute atomic E-state index is 5.47. The van der Waals surface area contributed by atoms with E-state index in [9.17, 15) is 0 Å². The quantitative estimate of drug-likeness (QED) is 0.878. The molecular formula is C15H23NOS. The van der Waals surface area contributed by atoms with Crippen LogP contribution >= 0.6 is 11.8 Å². The van der Waals surface area contributed by atoms with Gasteiger partial charge in [0.1, 0.15) is 5.75 Å². The van der Waals surface area contributed by atoms with Gasteiger partial charge < -0.3 is 10.1 Å². The van der Waals surface area contributed by atoms with Gasteiger partial charge in [-0.2, -0.15) is 11.8 Å². The Bertz CT molecular complexity index is 363. The second-order valence-electron chi connectivity index (χ2n) is 4.76. The number of nitrogens with one attached hydrogen (secondary N) is 1. The van der Waals surface area contributed by atoms with Crippen molar-refractivity contribution in [2.45, 2.75) is 38.3 Å². The van der Waals surface area contributed by atoms with Gasteiger partial charge in [-0.3, -0.25) is 0 Å². The van der Waals surface area contributed by atoms with Gasteiger partial charge in [0, 0.05) is 17.6 Å². The smallest absolute Gasteiger partial charge is 0.123 e. The number of hydrogen-bond acceptors (Lipinski definition) is 3. The molecule has 1 aromatic rings. The van der Waals surface area contributed by atoms with Crippen LogP contribution in [-0.2, 0) is 0 Å². The summed E-state index contributed by atoms with van der Waals surface area (Å²) in [4.78, 5) is 0. The van der Waals surface area contributed by atoms with Crippen LogP contribution in [0.5, 0.6) is 5.75 Å². The van der Waals surface area contributed by atoms with E-state index in [0.717, 1.165) is 12.2 Å². The van der Waals surface area contributed by atoms with Crippen LogP contribution in [0.25, 0.3) is 0 Å². The third kappa shape index (κ3) is 3.42. The molecule has 1 aliphatic rings. The third-order valence-electron chi connectivity index (χ3n) is 3.58. The van der Waals surface area contributed by atoms with Crippen molar-refractivity contribution >= 4 is 11.8 Å².